The quantitative estimate of drug-likeness (QED) is 0.666. The lowest BCUT2D eigenvalue weighted by molar-refractivity contribution is -0.120. The van der Waals surface area contributed by atoms with Gasteiger partial charge in [0.05, 0.1) is 11.4 Å². The molecular weight excluding hydrogens is 396 g/mol. The largest absolute Gasteiger partial charge is 0.355 e. The van der Waals surface area contributed by atoms with E-state index in [0.29, 0.717) is 18.5 Å². The van der Waals surface area contributed by atoms with Gasteiger partial charge in [0, 0.05) is 41.2 Å². The molecule has 3 rings (SSSR count). The number of amides is 1. The van der Waals surface area contributed by atoms with Crippen LogP contribution in [0.2, 0.25) is 0 Å². The second kappa shape index (κ2) is 8.45. The van der Waals surface area contributed by atoms with Crippen molar-refractivity contribution in [2.45, 2.75) is 33.1 Å². The van der Waals surface area contributed by atoms with Crippen LogP contribution in [0.1, 0.15) is 38.5 Å². The van der Waals surface area contributed by atoms with E-state index < -0.39 is 10.0 Å². The summed E-state index contributed by atoms with van der Waals surface area (Å²) in [6.07, 6.45) is 0.875. The fraction of sp³-hybridized carbons (Fsp3) is 0.400. The molecule has 2 heterocycles. The molecule has 0 radical (unpaired) electrons. The first-order chi connectivity index (χ1) is 13.3. The normalized spacial score (nSPS) is 13.4. The molecule has 1 aliphatic heterocycles. The number of nitrogens with one attached hydrogen (secondary N) is 1. The van der Waals surface area contributed by atoms with Gasteiger partial charge in [0.2, 0.25) is 15.9 Å². The minimum Gasteiger partial charge on any atom is -0.355 e. The van der Waals surface area contributed by atoms with E-state index in [1.54, 1.807) is 17.4 Å². The molecule has 28 heavy (non-hydrogen) atoms. The third kappa shape index (κ3) is 4.62. The summed E-state index contributed by atoms with van der Waals surface area (Å²) in [5, 5.41) is 2.62. The van der Waals surface area contributed by atoms with Crippen LogP contribution < -0.4 is 9.62 Å². The van der Waals surface area contributed by atoms with Crippen molar-refractivity contribution >= 4 is 38.7 Å². The van der Waals surface area contributed by atoms with Gasteiger partial charge in [0.1, 0.15) is 0 Å². The van der Waals surface area contributed by atoms with Crippen molar-refractivity contribution < 1.29 is 18.0 Å². The lowest BCUT2D eigenvalue weighted by atomic mass is 10.1. The number of nitrogens with zero attached hydrogens (tertiary/aromatic N) is 1. The summed E-state index contributed by atoms with van der Waals surface area (Å²) in [5.41, 5.74) is 2.42. The third-order valence-corrected chi connectivity index (χ3v) is 7.52. The van der Waals surface area contributed by atoms with Crippen molar-refractivity contribution in [3.8, 4) is 0 Å². The Labute approximate surface area is 169 Å². The molecule has 0 fully saturated rings. The Kier molecular flexibility index (Phi) is 6.20. The standard InChI is InChI=1S/C20H24N2O4S2/c1-14-13-17(15(2)27-14)19(23)7-8-20(24)21-10-12-28(25,26)22-11-9-16-5-3-4-6-18(16)22/h3-6,13H,7-12H2,1-2H3,(H,21,24). The number of anilines is 1. The number of aryl methyl sites for hydroxylation is 2. The number of thiophene rings is 1. The molecule has 1 aliphatic rings. The molecule has 0 bridgehead atoms. The van der Waals surface area contributed by atoms with Crippen LogP contribution in [0.15, 0.2) is 30.3 Å². The summed E-state index contributed by atoms with van der Waals surface area (Å²) >= 11 is 1.56. The molecule has 0 unspecified atom stereocenters. The Bertz CT molecular complexity index is 995. The maximum Gasteiger partial charge on any atom is 0.236 e. The van der Waals surface area contributed by atoms with E-state index in [0.717, 1.165) is 21.0 Å². The zero-order valence-electron chi connectivity index (χ0n) is 16.0. The summed E-state index contributed by atoms with van der Waals surface area (Å²) in [5.74, 6) is -0.530. The minimum absolute atomic E-state index is 0.0324. The highest BCUT2D eigenvalue weighted by atomic mass is 32.2. The molecule has 0 spiro atoms. The molecule has 1 aromatic heterocycles. The molecule has 150 valence electrons. The zero-order chi connectivity index (χ0) is 20.3. The van der Waals surface area contributed by atoms with Gasteiger partial charge in [-0.3, -0.25) is 13.9 Å². The number of rotatable bonds is 8. The fourth-order valence-corrected chi connectivity index (χ4v) is 5.75. The Morgan fingerprint density at radius 1 is 1.18 bits per heavy atom. The predicted molar refractivity (Wildman–Crippen MR) is 112 cm³/mol. The van der Waals surface area contributed by atoms with Crippen molar-refractivity contribution in [2.75, 3.05) is 23.1 Å². The van der Waals surface area contributed by atoms with E-state index in [2.05, 4.69) is 5.32 Å². The Morgan fingerprint density at radius 3 is 2.64 bits per heavy atom. The van der Waals surface area contributed by atoms with Crippen LogP contribution in [0, 0.1) is 13.8 Å². The molecule has 6 nitrogen and oxygen atoms in total. The number of ketones is 1. The van der Waals surface area contributed by atoms with E-state index >= 15 is 0 Å². The van der Waals surface area contributed by atoms with Crippen LogP contribution in [0.4, 0.5) is 5.69 Å². The SMILES string of the molecule is Cc1cc(C(=O)CCC(=O)NCCS(=O)(=O)N2CCc3ccccc32)c(C)s1. The van der Waals surface area contributed by atoms with Gasteiger partial charge in [-0.25, -0.2) is 8.42 Å². The minimum atomic E-state index is -3.49. The zero-order valence-corrected chi connectivity index (χ0v) is 17.7. The molecule has 0 saturated carbocycles. The van der Waals surface area contributed by atoms with E-state index in [9.17, 15) is 18.0 Å². The van der Waals surface area contributed by atoms with Gasteiger partial charge in [-0.1, -0.05) is 18.2 Å². The average molecular weight is 421 g/mol. The van der Waals surface area contributed by atoms with Crippen LogP contribution >= 0.6 is 11.3 Å². The Hall–Kier alpha value is -2.19. The summed E-state index contributed by atoms with van der Waals surface area (Å²) in [6, 6.07) is 9.30. The molecule has 0 atom stereocenters. The van der Waals surface area contributed by atoms with Crippen LogP contribution in [0.25, 0.3) is 0 Å². The van der Waals surface area contributed by atoms with Gasteiger partial charge in [0.25, 0.3) is 0 Å². The predicted octanol–water partition coefficient (Wildman–Crippen LogP) is 2.84. The molecule has 2 aromatic rings. The van der Waals surface area contributed by atoms with Gasteiger partial charge in [-0.2, -0.15) is 0 Å². The first kappa shape index (κ1) is 20.5. The number of benzene rings is 1. The summed E-state index contributed by atoms with van der Waals surface area (Å²) < 4.78 is 26.6. The number of fused-ring (bicyclic) bond motifs is 1. The Balaban J connectivity index is 1.46. The second-order valence-electron chi connectivity index (χ2n) is 6.87. The Morgan fingerprint density at radius 2 is 1.93 bits per heavy atom. The maximum atomic E-state index is 12.6. The van der Waals surface area contributed by atoms with Gasteiger partial charge in [-0.05, 0) is 38.0 Å². The van der Waals surface area contributed by atoms with Gasteiger partial charge in [-0.15, -0.1) is 11.3 Å². The molecule has 1 aromatic carbocycles. The molecule has 0 aliphatic carbocycles. The molecule has 1 amide bonds. The summed E-state index contributed by atoms with van der Waals surface area (Å²) in [6.45, 7) is 4.31. The topological polar surface area (TPSA) is 83.5 Å². The van der Waals surface area contributed by atoms with Gasteiger partial charge >= 0.3 is 0 Å². The first-order valence-electron chi connectivity index (χ1n) is 9.23. The van der Waals surface area contributed by atoms with Crippen molar-refractivity contribution in [2.24, 2.45) is 0 Å². The smallest absolute Gasteiger partial charge is 0.236 e. The van der Waals surface area contributed by atoms with Crippen molar-refractivity contribution in [1.82, 2.24) is 5.32 Å². The van der Waals surface area contributed by atoms with E-state index in [-0.39, 0.29) is 36.8 Å². The summed E-state index contributed by atoms with van der Waals surface area (Å²) in [4.78, 5) is 26.3. The van der Waals surface area contributed by atoms with Crippen LogP contribution in [-0.2, 0) is 21.2 Å². The highest BCUT2D eigenvalue weighted by molar-refractivity contribution is 7.92. The van der Waals surface area contributed by atoms with Gasteiger partial charge < -0.3 is 5.32 Å². The highest BCUT2D eigenvalue weighted by Crippen LogP contribution is 2.29. The number of para-hydroxylation sites is 1. The molecule has 8 heteroatoms. The van der Waals surface area contributed by atoms with Gasteiger partial charge in [0.15, 0.2) is 5.78 Å². The lowest BCUT2D eigenvalue weighted by Crippen LogP contribution is -2.37. The van der Waals surface area contributed by atoms with E-state index in [1.165, 1.54) is 4.31 Å². The monoisotopic (exact) mass is 420 g/mol. The summed E-state index contributed by atoms with van der Waals surface area (Å²) in [7, 11) is -3.49. The first-order valence-corrected chi connectivity index (χ1v) is 11.7. The number of sulfonamides is 1. The molecular formula is C20H24N2O4S2. The lowest BCUT2D eigenvalue weighted by Gasteiger charge is -2.19. The number of Topliss-reactive ketones (excluding diaryl/α,β-unsaturated/α-hetero) is 1. The van der Waals surface area contributed by atoms with E-state index in [4.69, 9.17) is 0 Å². The van der Waals surface area contributed by atoms with Crippen LogP contribution in [-0.4, -0.2) is 39.0 Å². The molecule has 0 saturated heterocycles. The maximum absolute atomic E-state index is 12.6. The average Bonchev–Trinajstić information content (AvgIpc) is 3.22. The highest BCUT2D eigenvalue weighted by Gasteiger charge is 2.28. The number of hydrogen-bond acceptors (Lipinski definition) is 5. The third-order valence-electron chi connectivity index (χ3n) is 4.78. The van der Waals surface area contributed by atoms with Crippen molar-refractivity contribution in [1.29, 1.82) is 0 Å². The number of carbonyl (C=O) groups is 2. The number of carbonyl (C=O) groups excluding carboxylic acids is 2. The number of hydrogen-bond donors (Lipinski definition) is 1. The van der Waals surface area contributed by atoms with Crippen LogP contribution in [0.5, 0.6) is 0 Å². The van der Waals surface area contributed by atoms with Crippen LogP contribution in [0.3, 0.4) is 0 Å². The second-order valence-corrected chi connectivity index (χ2v) is 10.3. The molecule has 1 N–H and O–H groups in total. The van der Waals surface area contributed by atoms with Crippen molar-refractivity contribution in [3.63, 3.8) is 0 Å². The van der Waals surface area contributed by atoms with E-state index in [1.807, 2.05) is 38.1 Å². The fourth-order valence-electron chi connectivity index (χ4n) is 3.38. The van der Waals surface area contributed by atoms with Crippen molar-refractivity contribution in [3.05, 3.63) is 51.2 Å².